The van der Waals surface area contributed by atoms with Crippen molar-refractivity contribution in [1.82, 2.24) is 4.90 Å². The van der Waals surface area contributed by atoms with Gasteiger partial charge in [0.1, 0.15) is 0 Å². The van der Waals surface area contributed by atoms with Crippen molar-refractivity contribution in [3.05, 3.63) is 0 Å². The number of carbonyl (C=O) groups excluding carboxylic acids is 1. The number of nitrogens with zero attached hydrogens (tertiary/aromatic N) is 1. The zero-order valence-electron chi connectivity index (χ0n) is 10.2. The van der Waals surface area contributed by atoms with Crippen LogP contribution in [-0.2, 0) is 9.53 Å². The average Bonchev–Trinajstić information content (AvgIpc) is 2.62. The van der Waals surface area contributed by atoms with Crippen LogP contribution in [0.3, 0.4) is 0 Å². The lowest BCUT2D eigenvalue weighted by atomic mass is 9.93. The molecule has 1 amide bonds. The second kappa shape index (κ2) is 4.72. The van der Waals surface area contributed by atoms with Gasteiger partial charge in [-0.1, -0.05) is 6.92 Å². The number of likely N-dealkylation sites (tertiary alicyclic amines) is 1. The first-order valence-electron chi connectivity index (χ1n) is 6.24. The molecule has 4 nitrogen and oxygen atoms in total. The van der Waals surface area contributed by atoms with Gasteiger partial charge >= 0.3 is 0 Å². The van der Waals surface area contributed by atoms with Crippen LogP contribution in [0.1, 0.15) is 26.7 Å². The quantitative estimate of drug-likeness (QED) is 0.712. The molecule has 0 aromatic rings. The molecule has 0 aromatic heterocycles. The summed E-state index contributed by atoms with van der Waals surface area (Å²) in [6.45, 7) is 6.44. The minimum Gasteiger partial charge on any atom is -0.378 e. The van der Waals surface area contributed by atoms with Crippen molar-refractivity contribution in [3.8, 4) is 0 Å². The Morgan fingerprint density at radius 2 is 2.12 bits per heavy atom. The van der Waals surface area contributed by atoms with Crippen LogP contribution in [0, 0.1) is 11.8 Å². The standard InChI is InChI=1S/C12H22N2O2/c1-8-5-10(13)7-14(6-8)12(15)11-3-4-16-9(11)2/h8-11H,3-7,13H2,1-2H3. The molecule has 2 saturated heterocycles. The molecule has 2 rings (SSSR count). The van der Waals surface area contributed by atoms with E-state index in [4.69, 9.17) is 10.5 Å². The zero-order chi connectivity index (χ0) is 11.7. The second-order valence-corrected chi connectivity index (χ2v) is 5.32. The Morgan fingerprint density at radius 1 is 1.38 bits per heavy atom. The molecule has 0 bridgehead atoms. The highest BCUT2D eigenvalue weighted by Gasteiger charge is 2.36. The fourth-order valence-electron chi connectivity index (χ4n) is 2.87. The summed E-state index contributed by atoms with van der Waals surface area (Å²) in [4.78, 5) is 14.2. The van der Waals surface area contributed by atoms with Crippen LogP contribution < -0.4 is 5.73 Å². The van der Waals surface area contributed by atoms with E-state index >= 15 is 0 Å². The van der Waals surface area contributed by atoms with Crippen molar-refractivity contribution in [2.45, 2.75) is 38.8 Å². The molecule has 0 aromatic carbocycles. The first-order valence-corrected chi connectivity index (χ1v) is 6.24. The molecule has 2 aliphatic rings. The summed E-state index contributed by atoms with van der Waals surface area (Å²) in [6.07, 6.45) is 1.96. The van der Waals surface area contributed by atoms with Crippen LogP contribution in [0.4, 0.5) is 0 Å². The molecule has 2 N–H and O–H groups in total. The monoisotopic (exact) mass is 226 g/mol. The van der Waals surface area contributed by atoms with E-state index in [0.29, 0.717) is 19.1 Å². The van der Waals surface area contributed by atoms with E-state index in [0.717, 1.165) is 19.4 Å². The largest absolute Gasteiger partial charge is 0.378 e. The maximum Gasteiger partial charge on any atom is 0.228 e. The number of rotatable bonds is 1. The van der Waals surface area contributed by atoms with Crippen molar-refractivity contribution in [2.75, 3.05) is 19.7 Å². The maximum atomic E-state index is 12.3. The number of hydrogen-bond donors (Lipinski definition) is 1. The molecule has 0 radical (unpaired) electrons. The third-order valence-electron chi connectivity index (χ3n) is 3.70. The van der Waals surface area contributed by atoms with Crippen LogP contribution in [0.15, 0.2) is 0 Å². The fraction of sp³-hybridized carbons (Fsp3) is 0.917. The highest BCUT2D eigenvalue weighted by molar-refractivity contribution is 5.79. The van der Waals surface area contributed by atoms with E-state index in [2.05, 4.69) is 6.92 Å². The van der Waals surface area contributed by atoms with Gasteiger partial charge in [-0.15, -0.1) is 0 Å². The van der Waals surface area contributed by atoms with Gasteiger partial charge in [0, 0.05) is 25.7 Å². The molecule has 2 aliphatic heterocycles. The first-order chi connectivity index (χ1) is 7.58. The van der Waals surface area contributed by atoms with Gasteiger partial charge in [0.2, 0.25) is 5.91 Å². The molecule has 4 unspecified atom stereocenters. The number of amides is 1. The smallest absolute Gasteiger partial charge is 0.228 e. The minimum atomic E-state index is 0.0532. The third-order valence-corrected chi connectivity index (χ3v) is 3.70. The minimum absolute atomic E-state index is 0.0532. The van der Waals surface area contributed by atoms with E-state index in [1.165, 1.54) is 0 Å². The Balaban J connectivity index is 1.98. The van der Waals surface area contributed by atoms with Crippen molar-refractivity contribution < 1.29 is 9.53 Å². The summed E-state index contributed by atoms with van der Waals surface area (Å²) in [5.74, 6) is 0.815. The molecule has 0 saturated carbocycles. The Hall–Kier alpha value is -0.610. The lowest BCUT2D eigenvalue weighted by Crippen LogP contribution is -2.51. The normalized spacial score (nSPS) is 40.1. The van der Waals surface area contributed by atoms with E-state index in [1.54, 1.807) is 0 Å². The second-order valence-electron chi connectivity index (χ2n) is 5.32. The van der Waals surface area contributed by atoms with E-state index in [-0.39, 0.29) is 24.0 Å². The molecular weight excluding hydrogens is 204 g/mol. The molecular formula is C12H22N2O2. The molecule has 4 heteroatoms. The average molecular weight is 226 g/mol. The molecule has 0 spiro atoms. The Kier molecular flexibility index (Phi) is 3.50. The van der Waals surface area contributed by atoms with Gasteiger partial charge in [-0.05, 0) is 25.7 Å². The Labute approximate surface area is 97.1 Å². The highest BCUT2D eigenvalue weighted by Crippen LogP contribution is 2.25. The van der Waals surface area contributed by atoms with Crippen molar-refractivity contribution >= 4 is 5.91 Å². The number of nitrogens with two attached hydrogens (primary N) is 1. The fourth-order valence-corrected chi connectivity index (χ4v) is 2.87. The van der Waals surface area contributed by atoms with Gasteiger partial charge < -0.3 is 15.4 Å². The Bertz CT molecular complexity index is 260. The Morgan fingerprint density at radius 3 is 2.69 bits per heavy atom. The number of hydrogen-bond acceptors (Lipinski definition) is 3. The molecule has 4 atom stereocenters. The molecule has 92 valence electrons. The first kappa shape index (κ1) is 11.9. The van der Waals surface area contributed by atoms with Crippen LogP contribution >= 0.6 is 0 Å². The van der Waals surface area contributed by atoms with E-state index in [9.17, 15) is 4.79 Å². The molecule has 16 heavy (non-hydrogen) atoms. The van der Waals surface area contributed by atoms with Gasteiger partial charge in [0.05, 0.1) is 12.0 Å². The van der Waals surface area contributed by atoms with Gasteiger partial charge in [-0.2, -0.15) is 0 Å². The van der Waals surface area contributed by atoms with Gasteiger partial charge in [-0.25, -0.2) is 0 Å². The predicted octanol–water partition coefficient (Wildman–Crippen LogP) is 0.607. The topological polar surface area (TPSA) is 55.6 Å². The van der Waals surface area contributed by atoms with E-state index < -0.39 is 0 Å². The molecule has 2 fully saturated rings. The zero-order valence-corrected chi connectivity index (χ0v) is 10.2. The number of ether oxygens (including phenoxy) is 1. The number of carbonyl (C=O) groups is 1. The predicted molar refractivity (Wildman–Crippen MR) is 61.9 cm³/mol. The third kappa shape index (κ3) is 2.38. The summed E-state index contributed by atoms with van der Waals surface area (Å²) in [6, 6.07) is 0.144. The van der Waals surface area contributed by atoms with Crippen molar-refractivity contribution in [3.63, 3.8) is 0 Å². The molecule has 0 aliphatic carbocycles. The lowest BCUT2D eigenvalue weighted by Gasteiger charge is -2.36. The maximum absolute atomic E-state index is 12.3. The summed E-state index contributed by atoms with van der Waals surface area (Å²) >= 11 is 0. The van der Waals surface area contributed by atoms with Crippen LogP contribution in [0.5, 0.6) is 0 Å². The summed E-state index contributed by atoms with van der Waals surface area (Å²) in [7, 11) is 0. The van der Waals surface area contributed by atoms with Crippen LogP contribution in [0.2, 0.25) is 0 Å². The van der Waals surface area contributed by atoms with Gasteiger partial charge in [0.25, 0.3) is 0 Å². The van der Waals surface area contributed by atoms with Crippen LogP contribution in [-0.4, -0.2) is 42.6 Å². The van der Waals surface area contributed by atoms with Crippen molar-refractivity contribution in [2.24, 2.45) is 17.6 Å². The summed E-state index contributed by atoms with van der Waals surface area (Å²) < 4.78 is 5.45. The summed E-state index contributed by atoms with van der Waals surface area (Å²) in [5, 5.41) is 0. The SMILES string of the molecule is CC1CC(N)CN(C(=O)C2CCOC2C)C1. The highest BCUT2D eigenvalue weighted by atomic mass is 16.5. The van der Waals surface area contributed by atoms with E-state index in [1.807, 2.05) is 11.8 Å². The van der Waals surface area contributed by atoms with Gasteiger partial charge in [-0.3, -0.25) is 4.79 Å². The van der Waals surface area contributed by atoms with Gasteiger partial charge in [0.15, 0.2) is 0 Å². The van der Waals surface area contributed by atoms with Crippen molar-refractivity contribution in [1.29, 1.82) is 0 Å². The molecule has 2 heterocycles. The number of piperidine rings is 1. The lowest BCUT2D eigenvalue weighted by molar-refractivity contribution is -0.139. The van der Waals surface area contributed by atoms with Crippen LogP contribution in [0.25, 0.3) is 0 Å². The summed E-state index contributed by atoms with van der Waals surface area (Å²) in [5.41, 5.74) is 5.96.